The molecule has 1 N–H and O–H groups in total. The van der Waals surface area contributed by atoms with Crippen LogP contribution < -0.4 is 10.2 Å². The predicted octanol–water partition coefficient (Wildman–Crippen LogP) is 7.37. The minimum absolute atomic E-state index is 0.0905. The van der Waals surface area contributed by atoms with Gasteiger partial charge in [0.1, 0.15) is 11.0 Å². The maximum atomic E-state index is 13.4. The van der Waals surface area contributed by atoms with Crippen molar-refractivity contribution >= 4 is 35.1 Å². The van der Waals surface area contributed by atoms with E-state index in [4.69, 9.17) is 16.6 Å². The third-order valence-corrected chi connectivity index (χ3v) is 8.23. The minimum atomic E-state index is -0.129. The van der Waals surface area contributed by atoms with Crippen LogP contribution >= 0.6 is 23.4 Å². The van der Waals surface area contributed by atoms with Gasteiger partial charge in [-0.25, -0.2) is 9.97 Å². The molecule has 1 amide bonds. The molecule has 0 spiro atoms. The van der Waals surface area contributed by atoms with Gasteiger partial charge in [-0.3, -0.25) is 4.79 Å². The van der Waals surface area contributed by atoms with Crippen molar-refractivity contribution in [2.24, 2.45) is 5.92 Å². The van der Waals surface area contributed by atoms with Crippen LogP contribution in [0.15, 0.2) is 96.2 Å². The van der Waals surface area contributed by atoms with Crippen molar-refractivity contribution in [3.05, 3.63) is 118 Å². The van der Waals surface area contributed by atoms with Gasteiger partial charge in [0.2, 0.25) is 0 Å². The fourth-order valence-corrected chi connectivity index (χ4v) is 5.85. The summed E-state index contributed by atoms with van der Waals surface area (Å²) in [4.78, 5) is 24.9. The number of hydrogen-bond acceptors (Lipinski definition) is 5. The zero-order valence-corrected chi connectivity index (χ0v) is 23.7. The van der Waals surface area contributed by atoms with Gasteiger partial charge in [-0.2, -0.15) is 0 Å². The number of anilines is 1. The Balaban J connectivity index is 1.26. The average molecular weight is 557 g/mol. The summed E-state index contributed by atoms with van der Waals surface area (Å²) >= 11 is 7.89. The molecule has 1 saturated heterocycles. The molecule has 0 radical (unpaired) electrons. The molecule has 7 heteroatoms. The van der Waals surface area contributed by atoms with E-state index in [1.165, 1.54) is 17.3 Å². The molecule has 1 atom stereocenters. The van der Waals surface area contributed by atoms with Crippen LogP contribution in [0.4, 0.5) is 5.82 Å². The zero-order valence-electron chi connectivity index (χ0n) is 22.1. The summed E-state index contributed by atoms with van der Waals surface area (Å²) in [7, 11) is 0. The summed E-state index contributed by atoms with van der Waals surface area (Å²) in [5.74, 6) is 2.19. The Morgan fingerprint density at radius 3 is 2.38 bits per heavy atom. The maximum Gasteiger partial charge on any atom is 0.251 e. The first-order valence-corrected chi connectivity index (χ1v) is 14.8. The summed E-state index contributed by atoms with van der Waals surface area (Å²) < 4.78 is 0. The first-order valence-electron chi connectivity index (χ1n) is 13.4. The lowest BCUT2D eigenvalue weighted by atomic mass is 9.98. The van der Waals surface area contributed by atoms with E-state index in [2.05, 4.69) is 46.4 Å². The van der Waals surface area contributed by atoms with E-state index in [1.807, 2.05) is 66.7 Å². The van der Waals surface area contributed by atoms with E-state index in [9.17, 15) is 4.79 Å². The number of aromatic nitrogens is 2. The molecule has 1 unspecified atom stereocenters. The van der Waals surface area contributed by atoms with Crippen LogP contribution in [0, 0.1) is 5.92 Å². The lowest BCUT2D eigenvalue weighted by Gasteiger charge is -2.31. The first kappa shape index (κ1) is 27.2. The van der Waals surface area contributed by atoms with Gasteiger partial charge in [-0.05, 0) is 54.0 Å². The second kappa shape index (κ2) is 13.1. The predicted molar refractivity (Wildman–Crippen MR) is 160 cm³/mol. The van der Waals surface area contributed by atoms with Gasteiger partial charge < -0.3 is 10.2 Å². The number of halogens is 1. The van der Waals surface area contributed by atoms with Crippen LogP contribution in [0.3, 0.4) is 0 Å². The van der Waals surface area contributed by atoms with Crippen LogP contribution in [0.5, 0.6) is 0 Å². The monoisotopic (exact) mass is 556 g/mol. The Morgan fingerprint density at radius 1 is 0.949 bits per heavy atom. The molecular weight excluding hydrogens is 524 g/mol. The summed E-state index contributed by atoms with van der Waals surface area (Å²) in [6.07, 6.45) is 3.04. The maximum absolute atomic E-state index is 13.4. The van der Waals surface area contributed by atoms with Gasteiger partial charge >= 0.3 is 0 Å². The third-order valence-electron chi connectivity index (χ3n) is 7.12. The molecule has 0 saturated carbocycles. The molecule has 5 rings (SSSR count). The van der Waals surface area contributed by atoms with Crippen molar-refractivity contribution in [2.75, 3.05) is 18.0 Å². The molecule has 4 aromatic rings. The quantitative estimate of drug-likeness (QED) is 0.132. The molecule has 5 nitrogen and oxygen atoms in total. The van der Waals surface area contributed by atoms with E-state index in [1.54, 1.807) is 0 Å². The van der Waals surface area contributed by atoms with E-state index in [0.717, 1.165) is 55.2 Å². The van der Waals surface area contributed by atoms with Crippen LogP contribution in [-0.2, 0) is 12.2 Å². The average Bonchev–Trinajstić information content (AvgIpc) is 2.97. The number of amides is 1. The van der Waals surface area contributed by atoms with Gasteiger partial charge in [0.15, 0.2) is 5.16 Å². The Bertz CT molecular complexity index is 1380. The van der Waals surface area contributed by atoms with Crippen molar-refractivity contribution in [3.63, 3.8) is 0 Å². The second-order valence-corrected chi connectivity index (χ2v) is 11.4. The second-order valence-electron chi connectivity index (χ2n) is 10.1. The van der Waals surface area contributed by atoms with Crippen LogP contribution in [0.2, 0.25) is 5.15 Å². The van der Waals surface area contributed by atoms with Crippen LogP contribution in [0.1, 0.15) is 52.9 Å². The molecule has 200 valence electrons. The zero-order chi connectivity index (χ0) is 27.0. The Kier molecular flexibility index (Phi) is 9.17. The molecule has 1 aromatic heterocycles. The smallest absolute Gasteiger partial charge is 0.251 e. The number of nitrogens with one attached hydrogen (secondary N) is 1. The Morgan fingerprint density at radius 2 is 1.64 bits per heavy atom. The number of carbonyl (C=O) groups excluding carboxylic acids is 1. The minimum Gasteiger partial charge on any atom is -0.356 e. The summed E-state index contributed by atoms with van der Waals surface area (Å²) in [5.41, 5.74) is 3.93. The highest BCUT2D eigenvalue weighted by atomic mass is 35.5. The van der Waals surface area contributed by atoms with Crippen molar-refractivity contribution < 1.29 is 4.79 Å². The van der Waals surface area contributed by atoms with Crippen molar-refractivity contribution in [2.45, 2.75) is 43.1 Å². The van der Waals surface area contributed by atoms with E-state index in [-0.39, 0.29) is 11.9 Å². The molecule has 3 aromatic carbocycles. The van der Waals surface area contributed by atoms with Gasteiger partial charge in [-0.15, -0.1) is 0 Å². The fraction of sp³-hybridized carbons (Fsp3) is 0.281. The van der Waals surface area contributed by atoms with E-state index < -0.39 is 0 Å². The van der Waals surface area contributed by atoms with Crippen LogP contribution in [0.25, 0.3) is 0 Å². The number of benzene rings is 3. The number of carbonyl (C=O) groups is 1. The van der Waals surface area contributed by atoms with Gasteiger partial charge in [-0.1, -0.05) is 103 Å². The molecule has 1 aliphatic heterocycles. The first-order chi connectivity index (χ1) is 19.0. The number of hydrogen-bond donors (Lipinski definition) is 1. The number of thioether (sulfide) groups is 1. The standard InChI is InChI=1S/C32H33ClN4OS/c1-23-15-17-37(18-16-23)30-21-29(33)35-32(36-30)39-22-25-11-8-14-27(19-25)31(38)34-28(26-12-6-3-7-13-26)20-24-9-4-2-5-10-24/h2-14,19,21,23,28H,15-18,20,22H2,1H3,(H,34,38). The molecule has 0 aliphatic carbocycles. The van der Waals surface area contributed by atoms with Crippen molar-refractivity contribution in [3.8, 4) is 0 Å². The summed E-state index contributed by atoms with van der Waals surface area (Å²) in [5, 5.41) is 4.37. The molecule has 1 aliphatic rings. The van der Waals surface area contributed by atoms with E-state index >= 15 is 0 Å². The molecule has 0 bridgehead atoms. The van der Waals surface area contributed by atoms with Crippen molar-refractivity contribution in [1.82, 2.24) is 15.3 Å². The summed E-state index contributed by atoms with van der Waals surface area (Å²) in [6, 6.07) is 29.9. The topological polar surface area (TPSA) is 58.1 Å². The Hall–Kier alpha value is -3.35. The fourth-order valence-electron chi connectivity index (χ4n) is 4.83. The van der Waals surface area contributed by atoms with E-state index in [0.29, 0.717) is 21.6 Å². The summed E-state index contributed by atoms with van der Waals surface area (Å²) in [6.45, 7) is 4.28. The molecular formula is C32H33ClN4OS. The highest BCUT2D eigenvalue weighted by molar-refractivity contribution is 7.98. The van der Waals surface area contributed by atoms with Gasteiger partial charge in [0, 0.05) is 30.5 Å². The highest BCUT2D eigenvalue weighted by Crippen LogP contribution is 2.28. The normalized spacial score (nSPS) is 14.7. The molecule has 39 heavy (non-hydrogen) atoms. The van der Waals surface area contributed by atoms with Gasteiger partial charge in [0.25, 0.3) is 5.91 Å². The largest absolute Gasteiger partial charge is 0.356 e. The highest BCUT2D eigenvalue weighted by Gasteiger charge is 2.19. The SMILES string of the molecule is CC1CCN(c2cc(Cl)nc(SCc3cccc(C(=O)NC(Cc4ccccc4)c4ccccc4)c3)n2)CC1. The number of rotatable bonds is 9. The lowest BCUT2D eigenvalue weighted by molar-refractivity contribution is 0.0936. The third kappa shape index (κ3) is 7.61. The van der Waals surface area contributed by atoms with Crippen LogP contribution in [-0.4, -0.2) is 29.0 Å². The number of piperidine rings is 1. The number of nitrogens with zero attached hydrogens (tertiary/aromatic N) is 3. The Labute approximate surface area is 240 Å². The van der Waals surface area contributed by atoms with Gasteiger partial charge in [0.05, 0.1) is 6.04 Å². The molecule has 1 fully saturated rings. The molecule has 2 heterocycles. The van der Waals surface area contributed by atoms with Crippen molar-refractivity contribution in [1.29, 1.82) is 0 Å². The lowest BCUT2D eigenvalue weighted by Crippen LogP contribution is -2.33.